The smallest absolute Gasteiger partial charge is 0.236 e. The molecule has 1 aromatic rings. The molecule has 0 spiro atoms. The van der Waals surface area contributed by atoms with E-state index in [0.29, 0.717) is 13.1 Å². The number of ether oxygens (including phenoxy) is 1. The van der Waals surface area contributed by atoms with E-state index in [2.05, 4.69) is 0 Å². The topological polar surface area (TPSA) is 49.9 Å². The Morgan fingerprint density at radius 2 is 2.00 bits per heavy atom. The normalized spacial score (nSPS) is 23.5. The van der Waals surface area contributed by atoms with Crippen molar-refractivity contribution in [2.45, 2.75) is 36.8 Å². The summed E-state index contributed by atoms with van der Waals surface area (Å²) in [7, 11) is 3.49. The average molecular weight is 362 g/mol. The molecule has 136 valence electrons. The van der Waals surface area contributed by atoms with Crippen LogP contribution >= 0.6 is 11.8 Å². The fraction of sp³-hybridized carbons (Fsp3) is 0.579. The van der Waals surface area contributed by atoms with Gasteiger partial charge in [-0.05, 0) is 37.5 Å². The molecule has 2 atom stereocenters. The summed E-state index contributed by atoms with van der Waals surface area (Å²) in [6.07, 6.45) is 3.17. The van der Waals surface area contributed by atoms with E-state index in [4.69, 9.17) is 4.74 Å². The van der Waals surface area contributed by atoms with Gasteiger partial charge in [-0.2, -0.15) is 0 Å². The fourth-order valence-corrected chi connectivity index (χ4v) is 4.57. The Hall–Kier alpha value is -1.69. The molecule has 2 unspecified atom stereocenters. The summed E-state index contributed by atoms with van der Waals surface area (Å²) in [6, 6.07) is 7.87. The molecule has 6 heteroatoms. The van der Waals surface area contributed by atoms with Gasteiger partial charge in [-0.25, -0.2) is 0 Å². The third-order valence-corrected chi connectivity index (χ3v) is 6.55. The second-order valence-electron chi connectivity index (χ2n) is 6.82. The SMILES string of the molecule is COc1ccc(C2SC(C)C(=O)N2CCN(C)C(=O)C2CCC2)cc1. The third kappa shape index (κ3) is 3.78. The number of carbonyl (C=O) groups is 2. The van der Waals surface area contributed by atoms with Crippen molar-refractivity contribution in [3.63, 3.8) is 0 Å². The van der Waals surface area contributed by atoms with Gasteiger partial charge in [0, 0.05) is 26.1 Å². The standard InChI is InChI=1S/C19H26N2O3S/c1-13-17(22)21(12-11-20(2)18(23)14-5-4-6-14)19(25-13)15-7-9-16(24-3)10-8-15/h7-10,13-14,19H,4-6,11-12H2,1-3H3. The summed E-state index contributed by atoms with van der Waals surface area (Å²) in [5.41, 5.74) is 1.09. The lowest BCUT2D eigenvalue weighted by molar-refractivity contribution is -0.138. The van der Waals surface area contributed by atoms with Crippen LogP contribution in [0.15, 0.2) is 24.3 Å². The van der Waals surface area contributed by atoms with Gasteiger partial charge in [-0.1, -0.05) is 18.6 Å². The number of benzene rings is 1. The zero-order valence-electron chi connectivity index (χ0n) is 15.1. The van der Waals surface area contributed by atoms with E-state index in [0.717, 1.165) is 30.6 Å². The zero-order chi connectivity index (χ0) is 18.0. The van der Waals surface area contributed by atoms with E-state index < -0.39 is 0 Å². The molecule has 1 aromatic carbocycles. The minimum absolute atomic E-state index is 0.000566. The first kappa shape index (κ1) is 18.1. The van der Waals surface area contributed by atoms with Crippen molar-refractivity contribution < 1.29 is 14.3 Å². The molecule has 3 rings (SSSR count). The van der Waals surface area contributed by atoms with Gasteiger partial charge in [0.05, 0.1) is 12.4 Å². The predicted octanol–water partition coefficient (Wildman–Crippen LogP) is 2.92. The van der Waals surface area contributed by atoms with Crippen molar-refractivity contribution >= 4 is 23.6 Å². The van der Waals surface area contributed by atoms with Crippen LogP contribution in [0.25, 0.3) is 0 Å². The van der Waals surface area contributed by atoms with Crippen molar-refractivity contribution in [2.75, 3.05) is 27.2 Å². The predicted molar refractivity (Wildman–Crippen MR) is 99.5 cm³/mol. The highest BCUT2D eigenvalue weighted by Gasteiger charge is 2.38. The van der Waals surface area contributed by atoms with Crippen molar-refractivity contribution in [3.8, 4) is 5.75 Å². The van der Waals surface area contributed by atoms with Crippen LogP contribution in [0.4, 0.5) is 0 Å². The number of rotatable bonds is 6. The molecular formula is C19H26N2O3S. The number of thioether (sulfide) groups is 1. The van der Waals surface area contributed by atoms with Crippen LogP contribution in [0.5, 0.6) is 5.75 Å². The number of carbonyl (C=O) groups excluding carboxylic acids is 2. The molecule has 5 nitrogen and oxygen atoms in total. The Bertz CT molecular complexity index is 630. The molecule has 0 aromatic heterocycles. The van der Waals surface area contributed by atoms with E-state index in [-0.39, 0.29) is 28.4 Å². The maximum atomic E-state index is 12.6. The average Bonchev–Trinajstić information content (AvgIpc) is 2.86. The van der Waals surface area contributed by atoms with E-state index in [1.54, 1.807) is 23.8 Å². The summed E-state index contributed by atoms with van der Waals surface area (Å²) < 4.78 is 5.21. The van der Waals surface area contributed by atoms with E-state index in [1.165, 1.54) is 0 Å². The molecule has 1 heterocycles. The van der Waals surface area contributed by atoms with Crippen LogP contribution in [0.2, 0.25) is 0 Å². The summed E-state index contributed by atoms with van der Waals surface area (Å²) in [4.78, 5) is 28.6. The Morgan fingerprint density at radius 3 is 2.56 bits per heavy atom. The summed E-state index contributed by atoms with van der Waals surface area (Å²) >= 11 is 1.66. The molecule has 25 heavy (non-hydrogen) atoms. The second-order valence-corrected chi connectivity index (χ2v) is 8.25. The first-order valence-electron chi connectivity index (χ1n) is 8.86. The van der Waals surface area contributed by atoms with E-state index >= 15 is 0 Å². The summed E-state index contributed by atoms with van der Waals surface area (Å²) in [5, 5.41) is -0.0552. The Labute approximate surface area is 153 Å². The van der Waals surface area contributed by atoms with Crippen LogP contribution in [0, 0.1) is 5.92 Å². The molecule has 1 saturated heterocycles. The number of hydrogen-bond donors (Lipinski definition) is 0. The highest BCUT2D eigenvalue weighted by Crippen LogP contribution is 2.43. The van der Waals surface area contributed by atoms with Crippen LogP contribution in [-0.4, -0.2) is 54.1 Å². The molecule has 0 bridgehead atoms. The van der Waals surface area contributed by atoms with Gasteiger partial charge in [0.25, 0.3) is 0 Å². The lowest BCUT2D eigenvalue weighted by atomic mass is 9.84. The van der Waals surface area contributed by atoms with Crippen molar-refractivity contribution in [1.29, 1.82) is 0 Å². The van der Waals surface area contributed by atoms with Gasteiger partial charge in [-0.3, -0.25) is 9.59 Å². The van der Waals surface area contributed by atoms with Gasteiger partial charge in [0.1, 0.15) is 11.1 Å². The maximum Gasteiger partial charge on any atom is 0.236 e. The number of hydrogen-bond acceptors (Lipinski definition) is 4. The maximum absolute atomic E-state index is 12.6. The van der Waals surface area contributed by atoms with Crippen molar-refractivity contribution in [1.82, 2.24) is 9.80 Å². The van der Waals surface area contributed by atoms with Gasteiger partial charge < -0.3 is 14.5 Å². The molecule has 0 N–H and O–H groups in total. The lowest BCUT2D eigenvalue weighted by Crippen LogP contribution is -2.42. The Morgan fingerprint density at radius 1 is 1.32 bits per heavy atom. The van der Waals surface area contributed by atoms with Gasteiger partial charge in [-0.15, -0.1) is 11.8 Å². The Balaban J connectivity index is 1.65. The van der Waals surface area contributed by atoms with Gasteiger partial charge in [0.15, 0.2) is 0 Å². The fourth-order valence-electron chi connectivity index (χ4n) is 3.26. The highest BCUT2D eigenvalue weighted by atomic mass is 32.2. The largest absolute Gasteiger partial charge is 0.497 e. The zero-order valence-corrected chi connectivity index (χ0v) is 15.9. The first-order valence-corrected chi connectivity index (χ1v) is 9.80. The molecule has 0 radical (unpaired) electrons. The molecule has 2 amide bonds. The van der Waals surface area contributed by atoms with Crippen molar-refractivity contribution in [2.24, 2.45) is 5.92 Å². The van der Waals surface area contributed by atoms with Crippen LogP contribution < -0.4 is 4.74 Å². The van der Waals surface area contributed by atoms with E-state index in [9.17, 15) is 9.59 Å². The number of methoxy groups -OCH3 is 1. The van der Waals surface area contributed by atoms with Crippen LogP contribution in [0.3, 0.4) is 0 Å². The summed E-state index contributed by atoms with van der Waals surface area (Å²) in [6.45, 7) is 3.11. The molecule has 1 saturated carbocycles. The summed E-state index contributed by atoms with van der Waals surface area (Å²) in [5.74, 6) is 1.38. The van der Waals surface area contributed by atoms with Gasteiger partial charge >= 0.3 is 0 Å². The minimum atomic E-state index is -0.0558. The van der Waals surface area contributed by atoms with Crippen molar-refractivity contribution in [3.05, 3.63) is 29.8 Å². The number of amides is 2. The second kappa shape index (κ2) is 7.68. The number of nitrogens with zero attached hydrogens (tertiary/aromatic N) is 2. The minimum Gasteiger partial charge on any atom is -0.497 e. The van der Waals surface area contributed by atoms with Gasteiger partial charge in [0.2, 0.25) is 11.8 Å². The van der Waals surface area contributed by atoms with Crippen LogP contribution in [-0.2, 0) is 9.59 Å². The first-order chi connectivity index (χ1) is 12.0. The highest BCUT2D eigenvalue weighted by molar-refractivity contribution is 8.01. The quantitative estimate of drug-likeness (QED) is 0.781. The van der Waals surface area contributed by atoms with E-state index in [1.807, 2.05) is 43.1 Å². The lowest BCUT2D eigenvalue weighted by Gasteiger charge is -2.31. The third-order valence-electron chi connectivity index (χ3n) is 5.15. The monoisotopic (exact) mass is 362 g/mol. The Kier molecular flexibility index (Phi) is 5.57. The molecular weight excluding hydrogens is 336 g/mol. The molecule has 1 aliphatic heterocycles. The van der Waals surface area contributed by atoms with Crippen LogP contribution in [0.1, 0.15) is 37.1 Å². The molecule has 1 aliphatic carbocycles. The molecule has 2 fully saturated rings. The molecule has 2 aliphatic rings. The number of likely N-dealkylation sites (N-methyl/N-ethyl adjacent to an activating group) is 1.